The summed E-state index contributed by atoms with van der Waals surface area (Å²) in [4.78, 5) is 0. The van der Waals surface area contributed by atoms with Crippen LogP contribution in [-0.2, 0) is 11.8 Å². The summed E-state index contributed by atoms with van der Waals surface area (Å²) in [5.74, 6) is 1.51. The molecule has 0 saturated heterocycles. The van der Waals surface area contributed by atoms with E-state index in [1.807, 2.05) is 24.3 Å². The number of benzene rings is 4. The minimum Gasteiger partial charge on any atom is -0.508 e. The molecule has 3 nitrogen and oxygen atoms in total. The van der Waals surface area contributed by atoms with Gasteiger partial charge in [0, 0.05) is 5.92 Å². The van der Waals surface area contributed by atoms with E-state index in [4.69, 9.17) is 0 Å². The maximum absolute atomic E-state index is 9.85. The van der Waals surface area contributed by atoms with Crippen molar-refractivity contribution in [2.45, 2.75) is 76.5 Å². The molecule has 3 N–H and O–H groups in total. The summed E-state index contributed by atoms with van der Waals surface area (Å²) in [5, 5.41) is 29.0. The predicted octanol–water partition coefficient (Wildman–Crippen LogP) is 9.21. The highest BCUT2D eigenvalue weighted by Crippen LogP contribution is 2.40. The zero-order chi connectivity index (χ0) is 27.8. The van der Waals surface area contributed by atoms with Crippen LogP contribution in [0, 0.1) is 0 Å². The van der Waals surface area contributed by atoms with Crippen LogP contribution in [0.3, 0.4) is 0 Å². The molecule has 0 amide bonds. The molecule has 39 heavy (non-hydrogen) atoms. The number of unbranched alkanes of at least 4 members (excludes halogenated alkanes) is 3. The van der Waals surface area contributed by atoms with Crippen molar-refractivity contribution in [1.82, 2.24) is 0 Å². The first kappa shape index (κ1) is 28.3. The summed E-state index contributed by atoms with van der Waals surface area (Å²) in [7, 11) is 0. The van der Waals surface area contributed by atoms with Gasteiger partial charge in [0.25, 0.3) is 0 Å². The van der Waals surface area contributed by atoms with E-state index in [0.717, 1.165) is 25.7 Å². The minimum absolute atomic E-state index is 0.0777. The van der Waals surface area contributed by atoms with E-state index in [9.17, 15) is 15.3 Å². The van der Waals surface area contributed by atoms with E-state index in [0.29, 0.717) is 23.2 Å². The molecule has 0 aliphatic rings. The lowest BCUT2D eigenvalue weighted by Gasteiger charge is -2.33. The molecule has 204 valence electrons. The second kappa shape index (κ2) is 12.9. The lowest BCUT2D eigenvalue weighted by atomic mass is 9.71. The lowest BCUT2D eigenvalue weighted by molar-refractivity contribution is 0.434. The molecule has 4 aromatic carbocycles. The highest BCUT2D eigenvalue weighted by molar-refractivity contribution is 5.39. The fourth-order valence-corrected chi connectivity index (χ4v) is 5.50. The fourth-order valence-electron chi connectivity index (χ4n) is 5.50. The molecule has 0 aliphatic carbocycles. The van der Waals surface area contributed by atoms with Crippen LogP contribution in [0.15, 0.2) is 97.1 Å². The van der Waals surface area contributed by atoms with Crippen molar-refractivity contribution in [3.8, 4) is 17.2 Å². The van der Waals surface area contributed by atoms with Crippen molar-refractivity contribution in [1.29, 1.82) is 0 Å². The van der Waals surface area contributed by atoms with Gasteiger partial charge < -0.3 is 15.3 Å². The molecule has 0 fully saturated rings. The Morgan fingerprint density at radius 1 is 0.538 bits per heavy atom. The molecule has 0 bridgehead atoms. The minimum atomic E-state index is -0.0777. The summed E-state index contributed by atoms with van der Waals surface area (Å²) in [6.45, 7) is 6.80. The standard InChI is InChI=1S/C36H42O3/c1-26(36(2,3)31-18-24-34(39)25-19-31)28-12-14-29(15-13-28)35(30-16-22-33(38)23-17-30)9-7-5-4-6-8-27-10-20-32(37)21-11-27/h10-26,35,37-39H,4-9H2,1-3H3. The maximum Gasteiger partial charge on any atom is 0.115 e. The SMILES string of the molecule is CC(c1ccc(C(CCCCCCc2ccc(O)cc2)c2ccc(O)cc2)cc1)C(C)(C)c1ccc(O)cc1. The van der Waals surface area contributed by atoms with E-state index in [-0.39, 0.29) is 11.3 Å². The molecule has 0 aliphatic heterocycles. The monoisotopic (exact) mass is 522 g/mol. The summed E-state index contributed by atoms with van der Waals surface area (Å²) in [6.07, 6.45) is 6.78. The number of phenolic OH excluding ortho intramolecular Hbond substituents is 3. The van der Waals surface area contributed by atoms with Crippen LogP contribution >= 0.6 is 0 Å². The van der Waals surface area contributed by atoms with Crippen LogP contribution in [0.2, 0.25) is 0 Å². The molecule has 0 spiro atoms. The van der Waals surface area contributed by atoms with Crippen molar-refractivity contribution >= 4 is 0 Å². The average Bonchev–Trinajstić information content (AvgIpc) is 2.94. The Hall–Kier alpha value is -3.72. The first-order chi connectivity index (χ1) is 18.7. The van der Waals surface area contributed by atoms with Crippen LogP contribution in [0.4, 0.5) is 0 Å². The van der Waals surface area contributed by atoms with Gasteiger partial charge in [-0.2, -0.15) is 0 Å². The Labute approximate surface area is 233 Å². The van der Waals surface area contributed by atoms with E-state index in [2.05, 4.69) is 57.2 Å². The molecule has 2 unspecified atom stereocenters. The molecular weight excluding hydrogens is 480 g/mol. The predicted molar refractivity (Wildman–Crippen MR) is 161 cm³/mol. The molecule has 4 rings (SSSR count). The molecular formula is C36H42O3. The van der Waals surface area contributed by atoms with Gasteiger partial charge >= 0.3 is 0 Å². The van der Waals surface area contributed by atoms with Crippen molar-refractivity contribution < 1.29 is 15.3 Å². The van der Waals surface area contributed by atoms with Crippen LogP contribution in [-0.4, -0.2) is 15.3 Å². The van der Waals surface area contributed by atoms with Crippen molar-refractivity contribution in [3.05, 3.63) is 125 Å². The maximum atomic E-state index is 9.85. The Bertz CT molecular complexity index is 1290. The number of phenols is 3. The third-order valence-electron chi connectivity index (χ3n) is 8.47. The first-order valence-electron chi connectivity index (χ1n) is 14.2. The molecule has 4 aromatic rings. The zero-order valence-electron chi connectivity index (χ0n) is 23.5. The largest absolute Gasteiger partial charge is 0.508 e. The third-order valence-corrected chi connectivity index (χ3v) is 8.47. The van der Waals surface area contributed by atoms with E-state index in [1.165, 1.54) is 40.7 Å². The zero-order valence-corrected chi connectivity index (χ0v) is 23.5. The smallest absolute Gasteiger partial charge is 0.115 e. The second-order valence-corrected chi connectivity index (χ2v) is 11.4. The summed E-state index contributed by atoms with van der Waals surface area (Å²) < 4.78 is 0. The van der Waals surface area contributed by atoms with Crippen LogP contribution in [0.25, 0.3) is 0 Å². The van der Waals surface area contributed by atoms with Crippen LogP contribution in [0.1, 0.15) is 92.5 Å². The number of rotatable bonds is 12. The molecule has 0 heterocycles. The normalized spacial score (nSPS) is 13.2. The lowest BCUT2D eigenvalue weighted by Crippen LogP contribution is -2.24. The van der Waals surface area contributed by atoms with Crippen molar-refractivity contribution in [2.24, 2.45) is 0 Å². The summed E-state index contributed by atoms with van der Waals surface area (Å²) >= 11 is 0. The van der Waals surface area contributed by atoms with Crippen molar-refractivity contribution in [3.63, 3.8) is 0 Å². The Morgan fingerprint density at radius 3 is 1.54 bits per heavy atom. The topological polar surface area (TPSA) is 60.7 Å². The van der Waals surface area contributed by atoms with Crippen LogP contribution < -0.4 is 0 Å². The van der Waals surface area contributed by atoms with Gasteiger partial charge in [0.05, 0.1) is 0 Å². The number of aromatic hydroxyl groups is 3. The Morgan fingerprint density at radius 2 is 0.974 bits per heavy atom. The highest BCUT2D eigenvalue weighted by atomic mass is 16.3. The summed E-state index contributed by atoms with van der Waals surface area (Å²) in [6, 6.07) is 31.9. The number of hydrogen-bond donors (Lipinski definition) is 3. The van der Waals surface area contributed by atoms with Crippen LogP contribution in [0.5, 0.6) is 17.2 Å². The molecule has 0 aromatic heterocycles. The van der Waals surface area contributed by atoms with Gasteiger partial charge in [-0.3, -0.25) is 0 Å². The number of aryl methyl sites for hydroxylation is 1. The van der Waals surface area contributed by atoms with E-state index >= 15 is 0 Å². The Balaban J connectivity index is 1.41. The highest BCUT2D eigenvalue weighted by Gasteiger charge is 2.29. The van der Waals surface area contributed by atoms with E-state index in [1.54, 1.807) is 36.4 Å². The van der Waals surface area contributed by atoms with Gasteiger partial charge in [-0.15, -0.1) is 0 Å². The third kappa shape index (κ3) is 7.44. The van der Waals surface area contributed by atoms with Gasteiger partial charge in [0.15, 0.2) is 0 Å². The molecule has 0 radical (unpaired) electrons. The Kier molecular flexibility index (Phi) is 9.35. The quantitative estimate of drug-likeness (QED) is 0.163. The van der Waals surface area contributed by atoms with Crippen molar-refractivity contribution in [2.75, 3.05) is 0 Å². The van der Waals surface area contributed by atoms with E-state index < -0.39 is 0 Å². The number of hydrogen-bond acceptors (Lipinski definition) is 3. The van der Waals surface area contributed by atoms with Gasteiger partial charge in [0.2, 0.25) is 0 Å². The van der Waals surface area contributed by atoms with Gasteiger partial charge in [-0.25, -0.2) is 0 Å². The van der Waals surface area contributed by atoms with Gasteiger partial charge in [0.1, 0.15) is 17.2 Å². The molecule has 0 saturated carbocycles. The second-order valence-electron chi connectivity index (χ2n) is 11.4. The molecule has 3 heteroatoms. The average molecular weight is 523 g/mol. The molecule has 2 atom stereocenters. The van der Waals surface area contributed by atoms with Gasteiger partial charge in [-0.05, 0) is 94.8 Å². The van der Waals surface area contributed by atoms with Gasteiger partial charge in [-0.1, -0.05) is 101 Å². The first-order valence-corrected chi connectivity index (χ1v) is 14.2. The summed E-state index contributed by atoms with van der Waals surface area (Å²) in [5.41, 5.74) is 6.26. The fraction of sp³-hybridized carbons (Fsp3) is 0.333.